The van der Waals surface area contributed by atoms with Gasteiger partial charge in [0.05, 0.1) is 5.25 Å². The van der Waals surface area contributed by atoms with Crippen molar-refractivity contribution in [1.29, 1.82) is 0 Å². The van der Waals surface area contributed by atoms with Crippen molar-refractivity contribution in [2.24, 2.45) is 0 Å². The van der Waals surface area contributed by atoms with E-state index >= 15 is 0 Å². The summed E-state index contributed by atoms with van der Waals surface area (Å²) >= 11 is 0.940. The number of carboxylic acids is 1. The van der Waals surface area contributed by atoms with Crippen LogP contribution >= 0.6 is 11.8 Å². The molecule has 1 amide bonds. The van der Waals surface area contributed by atoms with Gasteiger partial charge >= 0.3 is 5.97 Å². The first-order chi connectivity index (χ1) is 7.43. The molecule has 0 aromatic heterocycles. The van der Waals surface area contributed by atoms with Crippen molar-refractivity contribution in [2.75, 3.05) is 6.54 Å². The van der Waals surface area contributed by atoms with Gasteiger partial charge in [-0.05, 0) is 19.8 Å². The van der Waals surface area contributed by atoms with Crippen LogP contribution in [0.2, 0.25) is 0 Å². The summed E-state index contributed by atoms with van der Waals surface area (Å²) in [5, 5.41) is 8.29. The molecule has 6 heteroatoms. The second-order valence-corrected chi connectivity index (χ2v) is 5.30. The van der Waals surface area contributed by atoms with Crippen LogP contribution in [0.3, 0.4) is 0 Å². The van der Waals surface area contributed by atoms with Crippen LogP contribution in [0.1, 0.15) is 26.7 Å². The Bertz CT molecular complexity index is 318. The van der Waals surface area contributed by atoms with Gasteiger partial charge in [0.1, 0.15) is 6.04 Å². The Balaban J connectivity index is 2.65. The Hall–Kier alpha value is -1.04. The molecule has 2 atom stereocenters. The molecule has 1 rings (SSSR count). The number of carbonyl (C=O) groups excluding carboxylic acids is 2. The lowest BCUT2D eigenvalue weighted by Crippen LogP contribution is -2.44. The average molecular weight is 245 g/mol. The fourth-order valence-corrected chi connectivity index (χ4v) is 2.55. The summed E-state index contributed by atoms with van der Waals surface area (Å²) in [6.07, 6.45) is 1.21. The standard InChI is InChI=1S/C10H15NO4S/c1-6(16-7(2)12)9(13)11-5-3-4-8(11)10(14)15/h6,8H,3-5H2,1-2H3,(H,14,15)/t6?,8-/m0/s1. The van der Waals surface area contributed by atoms with Crippen LogP contribution in [-0.4, -0.2) is 44.8 Å². The lowest BCUT2D eigenvalue weighted by Gasteiger charge is -2.24. The summed E-state index contributed by atoms with van der Waals surface area (Å²) in [6, 6.07) is -0.720. The smallest absolute Gasteiger partial charge is 0.326 e. The monoisotopic (exact) mass is 245 g/mol. The molecule has 1 fully saturated rings. The minimum Gasteiger partial charge on any atom is -0.480 e. The van der Waals surface area contributed by atoms with E-state index in [-0.39, 0.29) is 11.0 Å². The molecular formula is C10H15NO4S. The number of carbonyl (C=O) groups is 3. The van der Waals surface area contributed by atoms with E-state index in [2.05, 4.69) is 0 Å². The van der Waals surface area contributed by atoms with Crippen molar-refractivity contribution in [2.45, 2.75) is 38.0 Å². The highest BCUT2D eigenvalue weighted by molar-refractivity contribution is 8.14. The van der Waals surface area contributed by atoms with Crippen LogP contribution in [0.4, 0.5) is 0 Å². The minimum atomic E-state index is -0.967. The van der Waals surface area contributed by atoms with E-state index in [1.807, 2.05) is 0 Å². The van der Waals surface area contributed by atoms with Crippen LogP contribution in [0, 0.1) is 0 Å². The van der Waals surface area contributed by atoms with Gasteiger partial charge in [0.15, 0.2) is 5.12 Å². The predicted molar refractivity (Wildman–Crippen MR) is 60.1 cm³/mol. The van der Waals surface area contributed by atoms with Crippen LogP contribution in [0.15, 0.2) is 0 Å². The minimum absolute atomic E-state index is 0.132. The topological polar surface area (TPSA) is 74.7 Å². The van der Waals surface area contributed by atoms with Gasteiger partial charge in [-0.25, -0.2) is 4.79 Å². The number of likely N-dealkylation sites (tertiary alicyclic amines) is 1. The average Bonchev–Trinajstić information content (AvgIpc) is 2.63. The third-order valence-electron chi connectivity index (χ3n) is 2.51. The zero-order chi connectivity index (χ0) is 12.3. The van der Waals surface area contributed by atoms with E-state index in [4.69, 9.17) is 5.11 Å². The largest absolute Gasteiger partial charge is 0.480 e. The van der Waals surface area contributed by atoms with Gasteiger partial charge in [-0.1, -0.05) is 11.8 Å². The molecule has 0 aliphatic carbocycles. The molecule has 0 aromatic rings. The number of hydrogen-bond acceptors (Lipinski definition) is 4. The molecule has 5 nitrogen and oxygen atoms in total. The van der Waals surface area contributed by atoms with Gasteiger partial charge in [-0.3, -0.25) is 9.59 Å². The second-order valence-electron chi connectivity index (χ2n) is 3.78. The third kappa shape index (κ3) is 2.98. The van der Waals surface area contributed by atoms with Gasteiger partial charge in [-0.2, -0.15) is 0 Å². The maximum Gasteiger partial charge on any atom is 0.326 e. The van der Waals surface area contributed by atoms with Crippen LogP contribution < -0.4 is 0 Å². The number of nitrogens with zero attached hydrogens (tertiary/aromatic N) is 1. The van der Waals surface area contributed by atoms with E-state index in [0.717, 1.165) is 11.8 Å². The molecule has 16 heavy (non-hydrogen) atoms. The zero-order valence-electron chi connectivity index (χ0n) is 9.30. The fraction of sp³-hybridized carbons (Fsp3) is 0.700. The first-order valence-corrected chi connectivity index (χ1v) is 6.02. The molecule has 0 saturated carbocycles. The van der Waals surface area contributed by atoms with Crippen LogP contribution in [0.25, 0.3) is 0 Å². The number of amides is 1. The molecule has 1 unspecified atom stereocenters. The summed E-state index contributed by atoms with van der Waals surface area (Å²) in [5.41, 5.74) is 0. The summed E-state index contributed by atoms with van der Waals surface area (Å²) in [5.74, 6) is -1.23. The molecule has 0 radical (unpaired) electrons. The van der Waals surface area contributed by atoms with E-state index in [9.17, 15) is 14.4 Å². The fourth-order valence-electron chi connectivity index (χ4n) is 1.82. The number of carboxylic acid groups (broad SMARTS) is 1. The lowest BCUT2D eigenvalue weighted by molar-refractivity contribution is -0.147. The van der Waals surface area contributed by atoms with Gasteiger partial charge in [0.2, 0.25) is 5.91 Å². The summed E-state index contributed by atoms with van der Waals surface area (Å²) < 4.78 is 0. The van der Waals surface area contributed by atoms with Crippen molar-refractivity contribution in [1.82, 2.24) is 4.90 Å². The molecule has 1 aliphatic rings. The zero-order valence-corrected chi connectivity index (χ0v) is 10.1. The Morgan fingerprint density at radius 2 is 2.06 bits per heavy atom. The molecule has 0 aromatic carbocycles. The number of aliphatic carboxylic acids is 1. The first kappa shape index (κ1) is 13.0. The van der Waals surface area contributed by atoms with E-state index in [0.29, 0.717) is 19.4 Å². The predicted octanol–water partition coefficient (Wildman–Crippen LogP) is 0.730. The molecule has 1 aliphatic heterocycles. The molecular weight excluding hydrogens is 230 g/mol. The first-order valence-electron chi connectivity index (χ1n) is 5.14. The highest BCUT2D eigenvalue weighted by atomic mass is 32.2. The summed E-state index contributed by atoms with van der Waals surface area (Å²) in [6.45, 7) is 3.50. The maximum atomic E-state index is 11.9. The van der Waals surface area contributed by atoms with Crippen molar-refractivity contribution >= 4 is 28.8 Å². The molecule has 90 valence electrons. The number of rotatable bonds is 3. The van der Waals surface area contributed by atoms with Crippen LogP contribution in [0.5, 0.6) is 0 Å². The van der Waals surface area contributed by atoms with Crippen LogP contribution in [-0.2, 0) is 14.4 Å². The molecule has 1 N–H and O–H groups in total. The van der Waals surface area contributed by atoms with Crippen molar-refractivity contribution in [3.05, 3.63) is 0 Å². The lowest BCUT2D eigenvalue weighted by atomic mass is 10.2. The van der Waals surface area contributed by atoms with Gasteiger partial charge in [0.25, 0.3) is 0 Å². The summed E-state index contributed by atoms with van der Waals surface area (Å²) in [4.78, 5) is 35.0. The molecule has 0 bridgehead atoms. The SMILES string of the molecule is CC(=O)SC(C)C(=O)N1CCC[C@H]1C(=O)O. The van der Waals surface area contributed by atoms with Crippen molar-refractivity contribution < 1.29 is 19.5 Å². The Morgan fingerprint density at radius 1 is 1.44 bits per heavy atom. The van der Waals surface area contributed by atoms with E-state index < -0.39 is 17.3 Å². The third-order valence-corrected chi connectivity index (χ3v) is 3.40. The van der Waals surface area contributed by atoms with Gasteiger partial charge in [0, 0.05) is 13.5 Å². The second kappa shape index (κ2) is 5.34. The van der Waals surface area contributed by atoms with Gasteiger partial charge < -0.3 is 10.0 Å². The normalized spacial score (nSPS) is 21.9. The Labute approximate surface area is 98.2 Å². The maximum absolute atomic E-state index is 11.9. The number of hydrogen-bond donors (Lipinski definition) is 1. The molecule has 1 heterocycles. The highest BCUT2D eigenvalue weighted by Gasteiger charge is 2.36. The quantitative estimate of drug-likeness (QED) is 0.793. The van der Waals surface area contributed by atoms with Crippen molar-refractivity contribution in [3.8, 4) is 0 Å². The highest BCUT2D eigenvalue weighted by Crippen LogP contribution is 2.22. The summed E-state index contributed by atoms with van der Waals surface area (Å²) in [7, 11) is 0. The van der Waals surface area contributed by atoms with Crippen molar-refractivity contribution in [3.63, 3.8) is 0 Å². The van der Waals surface area contributed by atoms with E-state index in [1.165, 1.54) is 11.8 Å². The molecule has 0 spiro atoms. The Kier molecular flexibility index (Phi) is 4.35. The molecule has 1 saturated heterocycles. The van der Waals surface area contributed by atoms with Gasteiger partial charge in [-0.15, -0.1) is 0 Å². The van der Waals surface area contributed by atoms with E-state index in [1.54, 1.807) is 6.92 Å². The number of thioether (sulfide) groups is 1. The Morgan fingerprint density at radius 3 is 2.56 bits per heavy atom.